The first-order chi connectivity index (χ1) is 9.27. The van der Waals surface area contributed by atoms with Gasteiger partial charge in [0, 0.05) is 11.8 Å². The van der Waals surface area contributed by atoms with Crippen molar-refractivity contribution in [3.05, 3.63) is 58.9 Å². The van der Waals surface area contributed by atoms with Crippen molar-refractivity contribution in [2.75, 3.05) is 13.7 Å². The van der Waals surface area contributed by atoms with Crippen LogP contribution in [0.2, 0.25) is 5.02 Å². The van der Waals surface area contributed by atoms with Gasteiger partial charge in [0.1, 0.15) is 5.75 Å². The maximum absolute atomic E-state index is 6.23. The monoisotopic (exact) mass is 276 g/mol. The molecule has 0 aliphatic carbocycles. The molecule has 1 heterocycles. The minimum atomic E-state index is -0.0866. The van der Waals surface area contributed by atoms with E-state index < -0.39 is 0 Å². The van der Waals surface area contributed by atoms with Crippen LogP contribution in [0.5, 0.6) is 5.75 Å². The zero-order chi connectivity index (χ0) is 13.7. The van der Waals surface area contributed by atoms with Crippen molar-refractivity contribution >= 4 is 11.6 Å². The Kier molecular flexibility index (Phi) is 4.77. The van der Waals surface area contributed by atoms with Crippen LogP contribution in [0.25, 0.3) is 0 Å². The number of halogens is 1. The first-order valence-electron chi connectivity index (χ1n) is 6.27. The molecule has 100 valence electrons. The number of hydrogen-bond acceptors (Lipinski definition) is 3. The van der Waals surface area contributed by atoms with Crippen molar-refractivity contribution in [1.29, 1.82) is 0 Å². The summed E-state index contributed by atoms with van der Waals surface area (Å²) in [6.45, 7) is 2.60. The van der Waals surface area contributed by atoms with Gasteiger partial charge in [0.25, 0.3) is 0 Å². The number of nitrogens with zero attached hydrogens (tertiary/aromatic N) is 1. The Morgan fingerprint density at radius 2 is 2.05 bits per heavy atom. The highest BCUT2D eigenvalue weighted by molar-refractivity contribution is 6.31. The molecule has 1 aromatic heterocycles. The van der Waals surface area contributed by atoms with Gasteiger partial charge in [0.2, 0.25) is 0 Å². The molecule has 0 aliphatic rings. The van der Waals surface area contributed by atoms with Gasteiger partial charge in [-0.3, -0.25) is 4.98 Å². The van der Waals surface area contributed by atoms with E-state index in [2.05, 4.69) is 10.3 Å². The molecule has 2 rings (SSSR count). The van der Waals surface area contributed by atoms with Crippen molar-refractivity contribution < 1.29 is 4.74 Å². The number of aromatic nitrogens is 1. The van der Waals surface area contributed by atoms with Gasteiger partial charge in [-0.1, -0.05) is 29.8 Å². The second-order valence-corrected chi connectivity index (χ2v) is 4.47. The third-order valence-electron chi connectivity index (χ3n) is 2.88. The molecule has 2 aromatic rings. The van der Waals surface area contributed by atoms with Crippen LogP contribution in [0, 0.1) is 0 Å². The summed E-state index contributed by atoms with van der Waals surface area (Å²) < 4.78 is 5.67. The SMILES string of the molecule is CCOc1ccccc1C(NC)c1ncccc1Cl. The van der Waals surface area contributed by atoms with E-state index >= 15 is 0 Å². The lowest BCUT2D eigenvalue weighted by Gasteiger charge is -2.20. The first-order valence-corrected chi connectivity index (χ1v) is 6.65. The largest absolute Gasteiger partial charge is 0.494 e. The van der Waals surface area contributed by atoms with Crippen LogP contribution in [0.1, 0.15) is 24.2 Å². The number of pyridine rings is 1. The molecule has 0 saturated heterocycles. The summed E-state index contributed by atoms with van der Waals surface area (Å²) in [5, 5.41) is 3.89. The predicted molar refractivity (Wildman–Crippen MR) is 77.8 cm³/mol. The van der Waals surface area contributed by atoms with E-state index in [1.54, 1.807) is 6.20 Å². The number of para-hydroxylation sites is 1. The quantitative estimate of drug-likeness (QED) is 0.908. The minimum absolute atomic E-state index is 0.0866. The van der Waals surface area contributed by atoms with Crippen molar-refractivity contribution in [2.45, 2.75) is 13.0 Å². The van der Waals surface area contributed by atoms with Gasteiger partial charge in [0.15, 0.2) is 0 Å². The molecule has 3 nitrogen and oxygen atoms in total. The molecule has 1 unspecified atom stereocenters. The Labute approximate surface area is 118 Å². The smallest absolute Gasteiger partial charge is 0.124 e. The molecule has 0 saturated carbocycles. The van der Waals surface area contributed by atoms with Gasteiger partial charge in [-0.15, -0.1) is 0 Å². The predicted octanol–water partition coefficient (Wildman–Crippen LogP) is 3.44. The summed E-state index contributed by atoms with van der Waals surface area (Å²) in [6, 6.07) is 11.5. The lowest BCUT2D eigenvalue weighted by Crippen LogP contribution is -2.20. The number of benzene rings is 1. The van der Waals surface area contributed by atoms with Crippen LogP contribution in [0.3, 0.4) is 0 Å². The summed E-state index contributed by atoms with van der Waals surface area (Å²) in [6.07, 6.45) is 1.74. The number of hydrogen-bond donors (Lipinski definition) is 1. The summed E-state index contributed by atoms with van der Waals surface area (Å²) in [5.41, 5.74) is 1.84. The summed E-state index contributed by atoms with van der Waals surface area (Å²) in [5.74, 6) is 0.853. The molecule has 1 atom stereocenters. The van der Waals surface area contributed by atoms with Gasteiger partial charge in [0.05, 0.1) is 23.4 Å². The minimum Gasteiger partial charge on any atom is -0.494 e. The summed E-state index contributed by atoms with van der Waals surface area (Å²) in [4.78, 5) is 4.38. The average Bonchev–Trinajstić information content (AvgIpc) is 2.44. The van der Waals surface area contributed by atoms with Crippen molar-refractivity contribution in [3.63, 3.8) is 0 Å². The molecule has 4 heteroatoms. The topological polar surface area (TPSA) is 34.1 Å². The normalized spacial score (nSPS) is 12.2. The standard InChI is InChI=1S/C15H17ClN2O/c1-3-19-13-9-5-4-7-11(13)14(17-2)15-12(16)8-6-10-18-15/h4-10,14,17H,3H2,1-2H3. The van der Waals surface area contributed by atoms with Crippen LogP contribution in [-0.4, -0.2) is 18.6 Å². The van der Waals surface area contributed by atoms with Crippen LogP contribution >= 0.6 is 11.6 Å². The molecule has 19 heavy (non-hydrogen) atoms. The number of rotatable bonds is 5. The fourth-order valence-corrected chi connectivity index (χ4v) is 2.29. The van der Waals surface area contributed by atoms with E-state index in [1.807, 2.05) is 50.4 Å². The van der Waals surface area contributed by atoms with Gasteiger partial charge in [-0.05, 0) is 32.2 Å². The molecular formula is C15H17ClN2O. The molecular weight excluding hydrogens is 260 g/mol. The first kappa shape index (κ1) is 13.8. The Morgan fingerprint density at radius 3 is 2.74 bits per heavy atom. The van der Waals surface area contributed by atoms with E-state index in [9.17, 15) is 0 Å². The highest BCUT2D eigenvalue weighted by atomic mass is 35.5. The fourth-order valence-electron chi connectivity index (χ4n) is 2.06. The highest BCUT2D eigenvalue weighted by Gasteiger charge is 2.19. The van der Waals surface area contributed by atoms with Gasteiger partial charge in [-0.25, -0.2) is 0 Å². The molecule has 0 spiro atoms. The van der Waals surface area contributed by atoms with Gasteiger partial charge < -0.3 is 10.1 Å². The van der Waals surface area contributed by atoms with E-state index in [0.29, 0.717) is 11.6 Å². The lowest BCUT2D eigenvalue weighted by molar-refractivity contribution is 0.334. The van der Waals surface area contributed by atoms with Crippen molar-refractivity contribution in [1.82, 2.24) is 10.3 Å². The molecule has 0 radical (unpaired) electrons. The second-order valence-electron chi connectivity index (χ2n) is 4.06. The van der Waals surface area contributed by atoms with E-state index in [4.69, 9.17) is 16.3 Å². The fraction of sp³-hybridized carbons (Fsp3) is 0.267. The Balaban J connectivity index is 2.45. The number of ether oxygens (including phenoxy) is 1. The molecule has 0 aliphatic heterocycles. The zero-order valence-electron chi connectivity index (χ0n) is 11.1. The molecule has 0 fully saturated rings. The lowest BCUT2D eigenvalue weighted by atomic mass is 10.0. The van der Waals surface area contributed by atoms with Gasteiger partial charge in [-0.2, -0.15) is 0 Å². The van der Waals surface area contributed by atoms with E-state index in [0.717, 1.165) is 17.0 Å². The molecule has 1 N–H and O–H groups in total. The Morgan fingerprint density at radius 1 is 1.26 bits per heavy atom. The highest BCUT2D eigenvalue weighted by Crippen LogP contribution is 2.31. The average molecular weight is 277 g/mol. The third kappa shape index (κ3) is 3.06. The number of nitrogens with one attached hydrogen (secondary N) is 1. The van der Waals surface area contributed by atoms with Crippen LogP contribution in [0.15, 0.2) is 42.6 Å². The van der Waals surface area contributed by atoms with E-state index in [1.165, 1.54) is 0 Å². The summed E-state index contributed by atoms with van der Waals surface area (Å²) in [7, 11) is 1.89. The molecule has 1 aromatic carbocycles. The Bertz CT molecular complexity index is 545. The van der Waals surface area contributed by atoms with Crippen LogP contribution in [-0.2, 0) is 0 Å². The molecule has 0 bridgehead atoms. The van der Waals surface area contributed by atoms with Crippen molar-refractivity contribution in [2.24, 2.45) is 0 Å². The van der Waals surface area contributed by atoms with E-state index in [-0.39, 0.29) is 6.04 Å². The Hall–Kier alpha value is -1.58. The zero-order valence-corrected chi connectivity index (χ0v) is 11.8. The van der Waals surface area contributed by atoms with Crippen LogP contribution < -0.4 is 10.1 Å². The van der Waals surface area contributed by atoms with Gasteiger partial charge >= 0.3 is 0 Å². The second kappa shape index (κ2) is 6.55. The maximum atomic E-state index is 6.23. The maximum Gasteiger partial charge on any atom is 0.124 e. The van der Waals surface area contributed by atoms with Crippen molar-refractivity contribution in [3.8, 4) is 5.75 Å². The third-order valence-corrected chi connectivity index (χ3v) is 3.20. The molecule has 0 amide bonds. The van der Waals surface area contributed by atoms with Crippen LogP contribution in [0.4, 0.5) is 0 Å². The summed E-state index contributed by atoms with van der Waals surface area (Å²) >= 11 is 6.23.